The number of hydrogen-bond acceptors (Lipinski definition) is 4. The van der Waals surface area contributed by atoms with Gasteiger partial charge < -0.3 is 4.90 Å². The predicted octanol–water partition coefficient (Wildman–Crippen LogP) is 3.53. The molecule has 2 aromatic rings. The van der Waals surface area contributed by atoms with E-state index in [0.29, 0.717) is 5.56 Å². The quantitative estimate of drug-likeness (QED) is 0.677. The second-order valence-corrected chi connectivity index (χ2v) is 6.37. The number of nitrogens with zero attached hydrogens (tertiary/aromatic N) is 2. The molecular formula is C17H21N3OS. The van der Waals surface area contributed by atoms with Crippen LogP contribution in [-0.2, 0) is 6.42 Å². The number of nitrogens with one attached hydrogen (secondary N) is 1. The van der Waals surface area contributed by atoms with Crippen molar-refractivity contribution in [2.45, 2.75) is 20.3 Å². The molecule has 22 heavy (non-hydrogen) atoms. The van der Waals surface area contributed by atoms with Crippen LogP contribution in [-0.4, -0.2) is 25.7 Å². The summed E-state index contributed by atoms with van der Waals surface area (Å²) in [5.74, 6) is -0.197. The first-order valence-electron chi connectivity index (χ1n) is 7.22. The van der Waals surface area contributed by atoms with E-state index in [9.17, 15) is 4.79 Å². The monoisotopic (exact) mass is 315 g/mol. The Balaban J connectivity index is 2.03. The molecule has 116 valence electrons. The molecule has 1 aromatic carbocycles. The van der Waals surface area contributed by atoms with E-state index < -0.39 is 0 Å². The minimum atomic E-state index is -0.197. The van der Waals surface area contributed by atoms with Crippen LogP contribution in [0.2, 0.25) is 0 Å². The van der Waals surface area contributed by atoms with Crippen LogP contribution in [0.25, 0.3) is 0 Å². The van der Waals surface area contributed by atoms with E-state index in [4.69, 9.17) is 0 Å². The Labute approximate surface area is 135 Å². The standard InChI is InChI=1S/C17H21N3OS/c1-5-15-10-11-16(22-15)12(2)18-19-17(21)13-6-8-14(9-7-13)20(3)4/h6-11H,5H2,1-4H3,(H,19,21)/b18-12+. The van der Waals surface area contributed by atoms with E-state index in [1.54, 1.807) is 23.5 Å². The number of aryl methyl sites for hydroxylation is 1. The summed E-state index contributed by atoms with van der Waals surface area (Å²) in [5, 5.41) is 4.19. The van der Waals surface area contributed by atoms with Gasteiger partial charge in [-0.25, -0.2) is 5.43 Å². The Morgan fingerprint density at radius 2 is 1.86 bits per heavy atom. The lowest BCUT2D eigenvalue weighted by Gasteiger charge is -2.12. The topological polar surface area (TPSA) is 44.7 Å². The van der Waals surface area contributed by atoms with Crippen LogP contribution in [0.5, 0.6) is 0 Å². The third-order valence-electron chi connectivity index (χ3n) is 3.34. The largest absolute Gasteiger partial charge is 0.378 e. The van der Waals surface area contributed by atoms with Crippen LogP contribution in [0.3, 0.4) is 0 Å². The molecule has 0 aliphatic carbocycles. The van der Waals surface area contributed by atoms with Gasteiger partial charge in [0.05, 0.1) is 10.6 Å². The Hall–Kier alpha value is -2.14. The number of amides is 1. The van der Waals surface area contributed by atoms with Crippen LogP contribution in [0, 0.1) is 0 Å². The summed E-state index contributed by atoms with van der Waals surface area (Å²) in [5.41, 5.74) is 5.09. The van der Waals surface area contributed by atoms with Crippen LogP contribution in [0.15, 0.2) is 41.5 Å². The van der Waals surface area contributed by atoms with Crippen molar-refractivity contribution >= 4 is 28.6 Å². The Morgan fingerprint density at radius 1 is 1.18 bits per heavy atom. The summed E-state index contributed by atoms with van der Waals surface area (Å²) < 4.78 is 0. The molecule has 0 atom stereocenters. The maximum atomic E-state index is 12.1. The summed E-state index contributed by atoms with van der Waals surface area (Å²) >= 11 is 1.71. The third-order valence-corrected chi connectivity index (χ3v) is 4.68. The lowest BCUT2D eigenvalue weighted by atomic mass is 10.2. The van der Waals surface area contributed by atoms with Crippen LogP contribution >= 0.6 is 11.3 Å². The molecular weight excluding hydrogens is 294 g/mol. The third kappa shape index (κ3) is 3.95. The first-order chi connectivity index (χ1) is 10.5. The zero-order chi connectivity index (χ0) is 16.1. The van der Waals surface area contributed by atoms with E-state index in [1.165, 1.54) is 4.88 Å². The van der Waals surface area contributed by atoms with Crippen molar-refractivity contribution in [1.29, 1.82) is 0 Å². The van der Waals surface area contributed by atoms with Crippen LogP contribution in [0.1, 0.15) is 34.0 Å². The molecule has 0 unspecified atom stereocenters. The minimum absolute atomic E-state index is 0.197. The maximum Gasteiger partial charge on any atom is 0.271 e. The number of hydrogen-bond donors (Lipinski definition) is 1. The molecule has 1 N–H and O–H groups in total. The normalized spacial score (nSPS) is 11.4. The van der Waals surface area contributed by atoms with Crippen molar-refractivity contribution in [1.82, 2.24) is 5.43 Å². The first kappa shape index (κ1) is 16.2. The summed E-state index contributed by atoms with van der Waals surface area (Å²) in [6, 6.07) is 11.6. The number of carbonyl (C=O) groups excluding carboxylic acids is 1. The first-order valence-corrected chi connectivity index (χ1v) is 8.04. The predicted molar refractivity (Wildman–Crippen MR) is 94.1 cm³/mol. The molecule has 0 fully saturated rings. The molecule has 1 amide bonds. The number of benzene rings is 1. The maximum absolute atomic E-state index is 12.1. The van der Waals surface area contributed by atoms with E-state index >= 15 is 0 Å². The van der Waals surface area contributed by atoms with Crippen LogP contribution < -0.4 is 10.3 Å². The van der Waals surface area contributed by atoms with Gasteiger partial charge in [0.2, 0.25) is 0 Å². The average molecular weight is 315 g/mol. The second-order valence-electron chi connectivity index (χ2n) is 5.20. The smallest absolute Gasteiger partial charge is 0.271 e. The molecule has 1 heterocycles. The van der Waals surface area contributed by atoms with Gasteiger partial charge in [-0.2, -0.15) is 5.10 Å². The zero-order valence-electron chi connectivity index (χ0n) is 13.4. The highest BCUT2D eigenvalue weighted by Gasteiger charge is 2.06. The van der Waals surface area contributed by atoms with E-state index in [2.05, 4.69) is 23.5 Å². The fourth-order valence-corrected chi connectivity index (χ4v) is 2.82. The fraction of sp³-hybridized carbons (Fsp3) is 0.294. The van der Waals surface area contributed by atoms with Crippen molar-refractivity contribution < 1.29 is 4.79 Å². The summed E-state index contributed by atoms with van der Waals surface area (Å²) in [4.78, 5) is 16.5. The highest BCUT2D eigenvalue weighted by molar-refractivity contribution is 7.14. The number of rotatable bonds is 5. The molecule has 0 aliphatic rings. The average Bonchev–Trinajstić information content (AvgIpc) is 3.01. The van der Waals surface area contributed by atoms with Crippen molar-refractivity contribution in [2.24, 2.45) is 5.10 Å². The summed E-state index contributed by atoms with van der Waals surface area (Å²) in [7, 11) is 3.93. The molecule has 1 aromatic heterocycles. The zero-order valence-corrected chi connectivity index (χ0v) is 14.2. The molecule has 0 saturated heterocycles. The number of carbonyl (C=O) groups is 1. The Morgan fingerprint density at radius 3 is 2.41 bits per heavy atom. The molecule has 0 spiro atoms. The van der Waals surface area contributed by atoms with Gasteiger partial charge in [0, 0.05) is 30.2 Å². The van der Waals surface area contributed by atoms with Crippen molar-refractivity contribution in [2.75, 3.05) is 19.0 Å². The van der Waals surface area contributed by atoms with Gasteiger partial charge in [-0.1, -0.05) is 6.92 Å². The van der Waals surface area contributed by atoms with Gasteiger partial charge in [-0.15, -0.1) is 11.3 Å². The van der Waals surface area contributed by atoms with Crippen molar-refractivity contribution in [3.8, 4) is 0 Å². The second kappa shape index (κ2) is 7.22. The van der Waals surface area contributed by atoms with Gasteiger partial charge in [-0.3, -0.25) is 4.79 Å². The van der Waals surface area contributed by atoms with Gasteiger partial charge >= 0.3 is 0 Å². The lowest BCUT2D eigenvalue weighted by Crippen LogP contribution is -2.19. The molecule has 5 heteroatoms. The van der Waals surface area contributed by atoms with E-state index in [1.807, 2.05) is 44.1 Å². The molecule has 4 nitrogen and oxygen atoms in total. The van der Waals surface area contributed by atoms with Crippen molar-refractivity contribution in [3.05, 3.63) is 51.7 Å². The molecule has 0 radical (unpaired) electrons. The van der Waals surface area contributed by atoms with Crippen LogP contribution in [0.4, 0.5) is 5.69 Å². The number of thiophene rings is 1. The summed E-state index contributed by atoms with van der Waals surface area (Å²) in [6.07, 6.45) is 1.02. The van der Waals surface area contributed by atoms with Crippen molar-refractivity contribution in [3.63, 3.8) is 0 Å². The molecule has 0 bridgehead atoms. The number of hydrazone groups is 1. The molecule has 0 saturated carbocycles. The SMILES string of the molecule is CCc1ccc(/C(C)=N/NC(=O)c2ccc(N(C)C)cc2)s1. The molecule has 2 rings (SSSR count). The molecule has 0 aliphatic heterocycles. The fourth-order valence-electron chi connectivity index (χ4n) is 1.93. The van der Waals surface area contributed by atoms with Gasteiger partial charge in [0.15, 0.2) is 0 Å². The summed E-state index contributed by atoms with van der Waals surface area (Å²) in [6.45, 7) is 4.03. The van der Waals surface area contributed by atoms with Gasteiger partial charge in [0.25, 0.3) is 5.91 Å². The van der Waals surface area contributed by atoms with Gasteiger partial charge in [0.1, 0.15) is 0 Å². The number of anilines is 1. The lowest BCUT2D eigenvalue weighted by molar-refractivity contribution is 0.0955. The highest BCUT2D eigenvalue weighted by Crippen LogP contribution is 2.17. The Kier molecular flexibility index (Phi) is 5.33. The van der Waals surface area contributed by atoms with Gasteiger partial charge in [-0.05, 0) is 49.7 Å². The Bertz CT molecular complexity index is 671. The van der Waals surface area contributed by atoms with E-state index in [-0.39, 0.29) is 5.91 Å². The van der Waals surface area contributed by atoms with E-state index in [0.717, 1.165) is 22.7 Å². The minimum Gasteiger partial charge on any atom is -0.378 e. The highest BCUT2D eigenvalue weighted by atomic mass is 32.1.